The van der Waals surface area contributed by atoms with Gasteiger partial charge >= 0.3 is 11.8 Å². The van der Waals surface area contributed by atoms with E-state index in [0.717, 1.165) is 12.8 Å². The van der Waals surface area contributed by atoms with Crippen molar-refractivity contribution in [3.8, 4) is 11.5 Å². The minimum atomic E-state index is -1.99. The molecular weight excluding hydrogens is 1390 g/mol. The van der Waals surface area contributed by atoms with Gasteiger partial charge in [0.15, 0.2) is 22.4 Å². The molecule has 4 heterocycles. The molecule has 9 atom stereocenters. The molecule has 5 aromatic rings. The molecule has 107 heavy (non-hydrogen) atoms. The van der Waals surface area contributed by atoms with Crippen molar-refractivity contribution in [2.75, 3.05) is 62.6 Å². The molecule has 1 aromatic heterocycles. The van der Waals surface area contributed by atoms with Gasteiger partial charge in [-0.2, -0.15) is 0 Å². The molecule has 0 saturated carbocycles. The number of fused-ring (bicyclic) bond motifs is 2. The number of anilines is 2. The van der Waals surface area contributed by atoms with E-state index >= 15 is 4.79 Å². The molecule has 0 aliphatic carbocycles. The molecule has 1 saturated heterocycles. The van der Waals surface area contributed by atoms with E-state index in [2.05, 4.69) is 65.8 Å². The van der Waals surface area contributed by atoms with Gasteiger partial charge in [0.2, 0.25) is 64.0 Å². The second-order valence-electron chi connectivity index (χ2n) is 27.4. The zero-order chi connectivity index (χ0) is 78.1. The van der Waals surface area contributed by atoms with E-state index in [4.69, 9.17) is 29.3 Å². The molecule has 0 unspecified atom stereocenters. The number of piperidine rings is 1. The summed E-state index contributed by atoms with van der Waals surface area (Å²) < 4.78 is 24.7. The first-order valence-corrected chi connectivity index (χ1v) is 35.3. The van der Waals surface area contributed by atoms with Gasteiger partial charge in [-0.1, -0.05) is 82.0 Å². The van der Waals surface area contributed by atoms with E-state index in [1.807, 2.05) is 31.7 Å². The number of aliphatic hydroxyl groups excluding tert-OH is 1. The molecule has 32 nitrogen and oxygen atoms in total. The molecule has 572 valence electrons. The number of aliphatic hydroxyl groups is 1. The molecule has 14 N–H and O–H groups in total. The quantitative estimate of drug-likeness (QED) is 0.0191. The number of phenols is 1. The zero-order valence-corrected chi connectivity index (χ0v) is 61.3. The summed E-state index contributed by atoms with van der Waals surface area (Å²) in [6.07, 6.45) is 9.85. The molecule has 3 aliphatic heterocycles. The SMILES string of the molecule is CC(=O)O[C@@H]1[C@H](C)C=C=CO[C@@]2(C)Oc3c(C)c(O)c4c(=O)c(c5oc6cc(N7CCC(NC(=O)CNC(=O)CNC(=O)CNC(=O)[C@H](C)NC(=O)[C@H](Cc8ccccc8)NC(=O)[C@H](C)NC(=O)CNC(=O)CNC(=O)CCN)CC7)cc(=O)c6nc5c4c3=C2O)NC(=O)/C(C)=C\C=C\[C@H](C)C[C@@H](C)C[C@H]1C. The Balaban J connectivity index is 0.883. The summed E-state index contributed by atoms with van der Waals surface area (Å²) in [6.45, 7) is 14.7. The Bertz CT molecular complexity index is 4600. The number of rotatable bonds is 23. The van der Waals surface area contributed by atoms with E-state index < -0.39 is 156 Å². The van der Waals surface area contributed by atoms with Crippen LogP contribution in [0.1, 0.15) is 106 Å². The summed E-state index contributed by atoms with van der Waals surface area (Å²) in [5, 5.41) is 48.4. The van der Waals surface area contributed by atoms with Crippen LogP contribution in [0.15, 0.2) is 98.3 Å². The fourth-order valence-electron chi connectivity index (χ4n) is 12.9. The number of nitrogens with one attached hydrogen (secondary N) is 10. The van der Waals surface area contributed by atoms with Gasteiger partial charge in [-0.15, -0.1) is 0 Å². The highest BCUT2D eigenvalue weighted by atomic mass is 16.7. The van der Waals surface area contributed by atoms with Crippen LogP contribution >= 0.6 is 0 Å². The summed E-state index contributed by atoms with van der Waals surface area (Å²) in [4.78, 5) is 177. The van der Waals surface area contributed by atoms with Crippen LogP contribution in [0.25, 0.3) is 38.7 Å². The molecule has 8 rings (SSSR count). The first-order chi connectivity index (χ1) is 50.7. The number of hydrogen-bond acceptors (Lipinski definition) is 22. The molecule has 4 bridgehead atoms. The predicted octanol–water partition coefficient (Wildman–Crippen LogP) is 1.51. The van der Waals surface area contributed by atoms with Crippen molar-refractivity contribution in [3.05, 3.63) is 121 Å². The number of nitrogens with zero attached hydrogens (tertiary/aromatic N) is 2. The second-order valence-corrected chi connectivity index (χ2v) is 27.4. The number of allylic oxidation sites excluding steroid dienone is 3. The first-order valence-electron chi connectivity index (χ1n) is 35.3. The summed E-state index contributed by atoms with van der Waals surface area (Å²) in [6, 6.07) is 7.42. The monoisotopic (exact) mass is 1480 g/mol. The topological polar surface area (TPSA) is 466 Å². The van der Waals surface area contributed by atoms with Crippen molar-refractivity contribution in [1.29, 1.82) is 0 Å². The van der Waals surface area contributed by atoms with Crippen LogP contribution in [0, 0.1) is 30.6 Å². The van der Waals surface area contributed by atoms with Gasteiger partial charge in [0, 0.05) is 92.6 Å². The van der Waals surface area contributed by atoms with Gasteiger partial charge in [0.25, 0.3) is 5.91 Å². The molecule has 10 amide bonds. The van der Waals surface area contributed by atoms with Crippen LogP contribution in [0.4, 0.5) is 11.4 Å². The lowest BCUT2D eigenvalue weighted by Gasteiger charge is -2.33. The predicted molar refractivity (Wildman–Crippen MR) is 394 cm³/mol. The van der Waals surface area contributed by atoms with E-state index in [0.29, 0.717) is 37.2 Å². The average Bonchev–Trinajstić information content (AvgIpc) is 1.65. The minimum absolute atomic E-state index is 0.0108. The summed E-state index contributed by atoms with van der Waals surface area (Å²) in [5.74, 6) is -10.8. The minimum Gasteiger partial charge on any atom is -0.507 e. The number of hydrogen-bond donors (Lipinski definition) is 13. The highest BCUT2D eigenvalue weighted by molar-refractivity contribution is 6.17. The van der Waals surface area contributed by atoms with Gasteiger partial charge in [-0.3, -0.25) is 62.3 Å². The third-order valence-corrected chi connectivity index (χ3v) is 18.5. The number of aromatic nitrogens is 1. The average molecular weight is 1480 g/mol. The number of carbonyl (C=O) groups is 11. The van der Waals surface area contributed by atoms with Crippen molar-refractivity contribution in [2.45, 2.75) is 144 Å². The summed E-state index contributed by atoms with van der Waals surface area (Å²) in [7, 11) is 0. The fourth-order valence-corrected chi connectivity index (χ4v) is 12.9. The van der Waals surface area contributed by atoms with Gasteiger partial charge in [-0.05, 0) is 82.8 Å². The van der Waals surface area contributed by atoms with Gasteiger partial charge in [-0.25, -0.2) is 4.98 Å². The molecule has 0 radical (unpaired) electrons. The number of esters is 1. The lowest BCUT2D eigenvalue weighted by molar-refractivity contribution is -0.151. The van der Waals surface area contributed by atoms with Crippen molar-refractivity contribution >= 4 is 115 Å². The molecule has 0 spiro atoms. The first kappa shape index (κ1) is 81.0. The number of phenolic OH excluding ortho intramolecular Hbond substituents is 1. The smallest absolute Gasteiger partial charge is 0.307 e. The van der Waals surface area contributed by atoms with Crippen LogP contribution in [0.5, 0.6) is 11.5 Å². The van der Waals surface area contributed by atoms with Crippen LogP contribution in [0.3, 0.4) is 0 Å². The zero-order valence-electron chi connectivity index (χ0n) is 61.3. The Morgan fingerprint density at radius 1 is 0.766 bits per heavy atom. The van der Waals surface area contributed by atoms with Gasteiger partial charge < -0.3 is 92.6 Å². The number of aromatic hydroxyl groups is 1. The molecule has 4 aromatic carbocycles. The number of amides is 10. The number of ether oxygens (including phenoxy) is 3. The van der Waals surface area contributed by atoms with E-state index in [-0.39, 0.29) is 104 Å². The largest absolute Gasteiger partial charge is 0.507 e. The number of nitrogens with two attached hydrogens (primary N) is 1. The highest BCUT2D eigenvalue weighted by Gasteiger charge is 2.44. The third-order valence-electron chi connectivity index (χ3n) is 18.5. The Hall–Kier alpha value is -11.7. The van der Waals surface area contributed by atoms with Crippen LogP contribution in [0.2, 0.25) is 0 Å². The van der Waals surface area contributed by atoms with Crippen molar-refractivity contribution in [1.82, 2.24) is 52.8 Å². The van der Waals surface area contributed by atoms with Crippen molar-refractivity contribution < 1.29 is 81.6 Å². The van der Waals surface area contributed by atoms with Crippen molar-refractivity contribution in [3.63, 3.8) is 0 Å². The normalized spacial score (nSPS) is 20.7. The number of benzene rings is 4. The van der Waals surface area contributed by atoms with Crippen LogP contribution in [-0.4, -0.2) is 169 Å². The van der Waals surface area contributed by atoms with Crippen LogP contribution < -0.4 is 84.6 Å². The Morgan fingerprint density at radius 2 is 1.39 bits per heavy atom. The third kappa shape index (κ3) is 21.1. The maximum absolute atomic E-state index is 15.0. The fraction of sp³-hybridized carbons (Fsp3) is 0.453. The lowest BCUT2D eigenvalue weighted by atomic mass is 9.83. The van der Waals surface area contributed by atoms with E-state index in [1.165, 1.54) is 46.9 Å². The standard InChI is InChI=1S/C75H93N13O19/c1-38-16-14-17-41(4)71(100)87-64-66(98)60-59(61-68(43(6)65(60)97)107-75(10,70(61)99)104-27-15-18-40(3)67(105-46(9)89)42(5)29-39(2)28-38)63-69(64)106-52-32-49(31-51(90)62(52)86-63)88-25-22-48(23-26-88)84-58(96)37-80-55(93)34-78-56(94)35-81-72(101)44(7)83-74(103)50(30-47-19-12-11-13-20-47)85-73(102)45(8)82-57(95)36-79-54(92)33-77-53(91)21-24-76/h11-14,16-20,27,31-32,38-40,42,44-45,48,50,67,97,99H,21-26,28-30,33-37,76H2,1-10H3,(H,77,91)(H,78,94)(H,79,92)(H,80,93)(H,81,101)(H,82,95)(H,83,103)(H,84,96)(H,85,102)(H,87,100)/b16-14+,41-17-/t15?,38-,39+,40+,42+,44-,45-,50-,67+,75-/m0/s1. The van der Waals surface area contributed by atoms with E-state index in [9.17, 15) is 67.7 Å². The maximum Gasteiger partial charge on any atom is 0.307 e. The Morgan fingerprint density at radius 3 is 2.05 bits per heavy atom. The number of carbonyl (C=O) groups excluding carboxylic acids is 11. The van der Waals surface area contributed by atoms with Crippen LogP contribution in [-0.2, 0) is 68.6 Å². The van der Waals surface area contributed by atoms with Gasteiger partial charge in [0.1, 0.15) is 53.2 Å². The Kier molecular flexibility index (Phi) is 27.5. The second kappa shape index (κ2) is 36.4. The lowest BCUT2D eigenvalue weighted by Crippen LogP contribution is -2.57. The summed E-state index contributed by atoms with van der Waals surface area (Å²) >= 11 is 0. The molecule has 32 heteroatoms. The maximum atomic E-state index is 15.0. The highest BCUT2D eigenvalue weighted by Crippen LogP contribution is 2.42. The molecular formula is C75H93N13O19. The molecule has 3 aliphatic rings. The van der Waals surface area contributed by atoms with Gasteiger partial charge in [0.05, 0.1) is 43.3 Å². The van der Waals surface area contributed by atoms with E-state index in [1.54, 1.807) is 61.5 Å². The molecule has 1 fully saturated rings. The van der Waals surface area contributed by atoms with Crippen molar-refractivity contribution in [2.24, 2.45) is 29.4 Å². The Labute approximate surface area is 615 Å². The summed E-state index contributed by atoms with van der Waals surface area (Å²) in [5.41, 5.74) is 6.78.